The van der Waals surface area contributed by atoms with Gasteiger partial charge in [0, 0.05) is 24.3 Å². The van der Waals surface area contributed by atoms with Crippen LogP contribution in [0.2, 0.25) is 0 Å². The topological polar surface area (TPSA) is 56.7 Å². The summed E-state index contributed by atoms with van der Waals surface area (Å²) >= 11 is 0. The molecule has 1 aromatic carbocycles. The molecule has 0 spiro atoms. The summed E-state index contributed by atoms with van der Waals surface area (Å²) in [4.78, 5) is 9.39. The molecule has 0 fully saturated rings. The highest BCUT2D eigenvalue weighted by atomic mass is 15.2. The van der Waals surface area contributed by atoms with E-state index in [-0.39, 0.29) is 6.04 Å². The molecule has 0 bridgehead atoms. The van der Waals surface area contributed by atoms with Crippen LogP contribution in [0.5, 0.6) is 0 Å². The molecule has 0 saturated heterocycles. The van der Waals surface area contributed by atoms with Crippen LogP contribution in [0.1, 0.15) is 24.1 Å². The van der Waals surface area contributed by atoms with Crippen LogP contribution in [0.4, 0.5) is 0 Å². The highest BCUT2D eigenvalue weighted by Gasteiger charge is 2.18. The summed E-state index contributed by atoms with van der Waals surface area (Å²) in [6, 6.07) is 10.5. The second-order valence-electron chi connectivity index (χ2n) is 5.56. The first kappa shape index (κ1) is 13.8. The molecular weight excluding hydrogens is 260 g/mol. The Morgan fingerprint density at radius 1 is 1.24 bits per heavy atom. The summed E-state index contributed by atoms with van der Waals surface area (Å²) in [6.07, 6.45) is 1.88. The summed E-state index contributed by atoms with van der Waals surface area (Å²) < 4.78 is 2.15. The van der Waals surface area contributed by atoms with Crippen LogP contribution in [0.15, 0.2) is 36.5 Å². The van der Waals surface area contributed by atoms with Crippen molar-refractivity contribution in [3.05, 3.63) is 47.7 Å². The van der Waals surface area contributed by atoms with Gasteiger partial charge in [0.2, 0.25) is 0 Å². The van der Waals surface area contributed by atoms with Gasteiger partial charge in [-0.25, -0.2) is 9.97 Å². The van der Waals surface area contributed by atoms with Crippen LogP contribution in [0, 0.1) is 13.8 Å². The predicted octanol–water partition coefficient (Wildman–Crippen LogP) is 3.23. The van der Waals surface area contributed by atoms with Gasteiger partial charge in [-0.05, 0) is 38.0 Å². The Bertz CT molecular complexity index is 789. The Morgan fingerprint density at radius 2 is 2.00 bits per heavy atom. The third kappa shape index (κ3) is 2.32. The summed E-state index contributed by atoms with van der Waals surface area (Å²) in [5.74, 6) is 0.944. The lowest BCUT2D eigenvalue weighted by molar-refractivity contribution is 0.575. The molecule has 0 aliphatic carbocycles. The van der Waals surface area contributed by atoms with Gasteiger partial charge in [-0.1, -0.05) is 24.3 Å². The zero-order chi connectivity index (χ0) is 15.0. The number of hydrogen-bond acceptors (Lipinski definition) is 3. The molecule has 21 heavy (non-hydrogen) atoms. The molecule has 1 atom stereocenters. The normalized spacial score (nSPS) is 12.8. The molecule has 2 N–H and O–H groups in total. The van der Waals surface area contributed by atoms with E-state index in [1.165, 1.54) is 5.56 Å². The molecule has 0 aliphatic rings. The van der Waals surface area contributed by atoms with Crippen molar-refractivity contribution in [2.24, 2.45) is 5.73 Å². The number of imidazole rings is 1. The third-order valence-corrected chi connectivity index (χ3v) is 3.83. The molecule has 4 nitrogen and oxygen atoms in total. The van der Waals surface area contributed by atoms with Gasteiger partial charge in [0.15, 0.2) is 5.65 Å². The first-order valence-electron chi connectivity index (χ1n) is 7.22. The van der Waals surface area contributed by atoms with Gasteiger partial charge in [0.25, 0.3) is 0 Å². The Kier molecular flexibility index (Phi) is 3.47. The molecule has 1 unspecified atom stereocenters. The number of aryl methyl sites for hydroxylation is 2. The van der Waals surface area contributed by atoms with E-state index in [0.717, 1.165) is 28.1 Å². The number of hydrogen-bond donors (Lipinski definition) is 1. The summed E-state index contributed by atoms with van der Waals surface area (Å²) in [7, 11) is 0. The molecule has 0 aliphatic heterocycles. The maximum atomic E-state index is 5.89. The van der Waals surface area contributed by atoms with Gasteiger partial charge in [-0.15, -0.1) is 0 Å². The summed E-state index contributed by atoms with van der Waals surface area (Å²) in [5.41, 5.74) is 11.2. The van der Waals surface area contributed by atoms with Crippen molar-refractivity contribution in [1.29, 1.82) is 0 Å². The number of aromatic nitrogens is 3. The largest absolute Gasteiger partial charge is 0.328 e. The van der Waals surface area contributed by atoms with Crippen molar-refractivity contribution in [2.45, 2.75) is 26.8 Å². The number of fused-ring (bicyclic) bond motifs is 1. The van der Waals surface area contributed by atoms with E-state index in [0.29, 0.717) is 6.54 Å². The van der Waals surface area contributed by atoms with E-state index < -0.39 is 0 Å². The van der Waals surface area contributed by atoms with Crippen molar-refractivity contribution in [1.82, 2.24) is 14.5 Å². The molecule has 0 amide bonds. The highest BCUT2D eigenvalue weighted by molar-refractivity contribution is 5.78. The SMILES string of the molecule is Cc1cnc2c(c1)nc(-c1ccccc1C)n2C(C)CN. The average molecular weight is 280 g/mol. The molecule has 2 heterocycles. The van der Waals surface area contributed by atoms with Crippen LogP contribution in [-0.4, -0.2) is 21.1 Å². The molecule has 108 valence electrons. The van der Waals surface area contributed by atoms with Crippen molar-refractivity contribution >= 4 is 11.2 Å². The Hall–Kier alpha value is -2.20. The maximum Gasteiger partial charge on any atom is 0.160 e. The fourth-order valence-corrected chi connectivity index (χ4v) is 2.62. The number of rotatable bonds is 3. The molecule has 0 radical (unpaired) electrons. The van der Waals surface area contributed by atoms with Crippen LogP contribution in [0.25, 0.3) is 22.6 Å². The molecule has 2 aromatic heterocycles. The van der Waals surface area contributed by atoms with Crippen molar-refractivity contribution in [2.75, 3.05) is 6.54 Å². The van der Waals surface area contributed by atoms with Crippen LogP contribution < -0.4 is 5.73 Å². The van der Waals surface area contributed by atoms with E-state index >= 15 is 0 Å². The van der Waals surface area contributed by atoms with E-state index in [4.69, 9.17) is 10.7 Å². The average Bonchev–Trinajstić information content (AvgIpc) is 2.85. The van der Waals surface area contributed by atoms with Gasteiger partial charge in [-0.2, -0.15) is 0 Å². The molecular formula is C17H20N4. The zero-order valence-electron chi connectivity index (χ0n) is 12.7. The number of nitrogens with zero attached hydrogens (tertiary/aromatic N) is 3. The fourth-order valence-electron chi connectivity index (χ4n) is 2.62. The van der Waals surface area contributed by atoms with E-state index in [2.05, 4.69) is 41.6 Å². The first-order valence-corrected chi connectivity index (χ1v) is 7.22. The van der Waals surface area contributed by atoms with E-state index in [1.807, 2.05) is 25.3 Å². The second-order valence-corrected chi connectivity index (χ2v) is 5.56. The molecule has 0 saturated carbocycles. The standard InChI is InChI=1S/C17H20N4/c1-11-8-15-17(19-10-11)21(13(3)9-18)16(20-15)14-7-5-4-6-12(14)2/h4-8,10,13H,9,18H2,1-3H3. The Labute approximate surface area is 124 Å². The molecule has 3 rings (SSSR count). The van der Waals surface area contributed by atoms with Gasteiger partial charge in [0.05, 0.1) is 0 Å². The van der Waals surface area contributed by atoms with E-state index in [9.17, 15) is 0 Å². The number of pyridine rings is 1. The predicted molar refractivity (Wildman–Crippen MR) is 86.2 cm³/mol. The minimum Gasteiger partial charge on any atom is -0.328 e. The number of nitrogens with two attached hydrogens (primary N) is 1. The van der Waals surface area contributed by atoms with Gasteiger partial charge in [0.1, 0.15) is 11.3 Å². The van der Waals surface area contributed by atoms with Crippen LogP contribution >= 0.6 is 0 Å². The van der Waals surface area contributed by atoms with Gasteiger partial charge < -0.3 is 10.3 Å². The van der Waals surface area contributed by atoms with Crippen molar-refractivity contribution < 1.29 is 0 Å². The van der Waals surface area contributed by atoms with Crippen LogP contribution in [-0.2, 0) is 0 Å². The van der Waals surface area contributed by atoms with Crippen molar-refractivity contribution in [3.8, 4) is 11.4 Å². The minimum absolute atomic E-state index is 0.153. The monoisotopic (exact) mass is 280 g/mol. The maximum absolute atomic E-state index is 5.89. The number of benzene rings is 1. The molecule has 3 aromatic rings. The highest BCUT2D eigenvalue weighted by Crippen LogP contribution is 2.29. The lowest BCUT2D eigenvalue weighted by Gasteiger charge is -2.16. The Morgan fingerprint density at radius 3 is 2.71 bits per heavy atom. The quantitative estimate of drug-likeness (QED) is 0.801. The van der Waals surface area contributed by atoms with Crippen LogP contribution in [0.3, 0.4) is 0 Å². The van der Waals surface area contributed by atoms with Gasteiger partial charge in [-0.3, -0.25) is 0 Å². The summed E-state index contributed by atoms with van der Waals surface area (Å²) in [6.45, 7) is 6.79. The van der Waals surface area contributed by atoms with Crippen molar-refractivity contribution in [3.63, 3.8) is 0 Å². The smallest absolute Gasteiger partial charge is 0.160 e. The third-order valence-electron chi connectivity index (χ3n) is 3.83. The lowest BCUT2D eigenvalue weighted by atomic mass is 10.1. The zero-order valence-corrected chi connectivity index (χ0v) is 12.7. The minimum atomic E-state index is 0.153. The Balaban J connectivity index is 2.33. The second kappa shape index (κ2) is 5.30. The summed E-state index contributed by atoms with van der Waals surface area (Å²) in [5, 5.41) is 0. The lowest BCUT2D eigenvalue weighted by Crippen LogP contribution is -2.17. The first-order chi connectivity index (χ1) is 10.1. The van der Waals surface area contributed by atoms with Gasteiger partial charge >= 0.3 is 0 Å². The fraction of sp³-hybridized carbons (Fsp3) is 0.294. The molecule has 4 heteroatoms. The van der Waals surface area contributed by atoms with E-state index in [1.54, 1.807) is 0 Å².